The van der Waals surface area contributed by atoms with E-state index in [9.17, 15) is 4.79 Å². The number of allylic oxidation sites excluding steroid dienone is 1. The maximum absolute atomic E-state index is 12.7. The van der Waals surface area contributed by atoms with Crippen LogP contribution in [0.5, 0.6) is 0 Å². The average Bonchev–Trinajstić information content (AvgIpc) is 2.88. The Morgan fingerprint density at radius 3 is 2.24 bits per heavy atom. The molecular formula is C28H24ClN3O. The van der Waals surface area contributed by atoms with Gasteiger partial charge in [-0.25, -0.2) is 4.98 Å². The van der Waals surface area contributed by atoms with Crippen LogP contribution in [0.25, 0.3) is 17.0 Å². The Labute approximate surface area is 198 Å². The fourth-order valence-corrected chi connectivity index (χ4v) is 4.32. The van der Waals surface area contributed by atoms with Crippen molar-refractivity contribution in [1.82, 2.24) is 4.98 Å². The number of aromatic nitrogens is 1. The summed E-state index contributed by atoms with van der Waals surface area (Å²) in [6.07, 6.45) is 3.51. The summed E-state index contributed by atoms with van der Waals surface area (Å²) in [7, 11) is 0. The second kappa shape index (κ2) is 9.47. The van der Waals surface area contributed by atoms with Crippen molar-refractivity contribution in [2.75, 3.05) is 36.0 Å². The maximum atomic E-state index is 12.7. The van der Waals surface area contributed by atoms with E-state index in [1.807, 2.05) is 30.3 Å². The summed E-state index contributed by atoms with van der Waals surface area (Å²) >= 11 is 5.95. The predicted octanol–water partition coefficient (Wildman–Crippen LogP) is 6.11. The topological polar surface area (TPSA) is 36.4 Å². The molecule has 164 valence electrons. The van der Waals surface area contributed by atoms with Gasteiger partial charge in [-0.3, -0.25) is 4.79 Å². The van der Waals surface area contributed by atoms with Crippen molar-refractivity contribution in [3.63, 3.8) is 0 Å². The molecule has 0 spiro atoms. The minimum Gasteiger partial charge on any atom is -0.368 e. The number of halogens is 1. The molecule has 4 nitrogen and oxygen atoms in total. The highest BCUT2D eigenvalue weighted by atomic mass is 35.5. The van der Waals surface area contributed by atoms with Gasteiger partial charge in [0.1, 0.15) is 5.82 Å². The van der Waals surface area contributed by atoms with E-state index in [0.717, 1.165) is 48.5 Å². The molecule has 5 rings (SSSR count). The van der Waals surface area contributed by atoms with Crippen LogP contribution in [0.3, 0.4) is 0 Å². The van der Waals surface area contributed by atoms with Crippen molar-refractivity contribution < 1.29 is 4.79 Å². The molecule has 1 aliphatic rings. The van der Waals surface area contributed by atoms with Crippen LogP contribution in [0.4, 0.5) is 11.5 Å². The first-order valence-electron chi connectivity index (χ1n) is 11.1. The van der Waals surface area contributed by atoms with E-state index in [2.05, 4.69) is 46.2 Å². The zero-order chi connectivity index (χ0) is 22.6. The number of hydrogen-bond acceptors (Lipinski definition) is 4. The van der Waals surface area contributed by atoms with Crippen LogP contribution in [0, 0.1) is 0 Å². The molecule has 2 heterocycles. The average molecular weight is 454 g/mol. The number of nitrogens with zero attached hydrogens (tertiary/aromatic N) is 3. The van der Waals surface area contributed by atoms with E-state index in [1.165, 1.54) is 5.69 Å². The van der Waals surface area contributed by atoms with Crippen LogP contribution in [-0.4, -0.2) is 36.9 Å². The molecule has 0 aliphatic carbocycles. The third kappa shape index (κ3) is 4.76. The normalized spacial score (nSPS) is 14.2. The summed E-state index contributed by atoms with van der Waals surface area (Å²) in [5.74, 6) is 0.862. The third-order valence-electron chi connectivity index (χ3n) is 5.98. The second-order valence-electron chi connectivity index (χ2n) is 8.11. The van der Waals surface area contributed by atoms with Crippen LogP contribution in [0.1, 0.15) is 15.9 Å². The number of ketones is 1. The minimum absolute atomic E-state index is 0.0559. The molecule has 0 bridgehead atoms. The Kier molecular flexibility index (Phi) is 6.09. The number of pyridine rings is 1. The monoisotopic (exact) mass is 453 g/mol. The van der Waals surface area contributed by atoms with E-state index in [4.69, 9.17) is 16.6 Å². The number of fused-ring (bicyclic) bond motifs is 1. The SMILES string of the molecule is O=C(/C=C/c1cc2ccccc2nc1N1CCN(c2ccccc2)CC1)c1ccc(Cl)cc1. The van der Waals surface area contributed by atoms with Crippen molar-refractivity contribution in [2.24, 2.45) is 0 Å². The lowest BCUT2D eigenvalue weighted by Gasteiger charge is -2.37. The summed E-state index contributed by atoms with van der Waals surface area (Å²) in [6, 6.07) is 27.7. The van der Waals surface area contributed by atoms with Crippen molar-refractivity contribution >= 4 is 45.9 Å². The fraction of sp³-hybridized carbons (Fsp3) is 0.143. The molecule has 1 aromatic heterocycles. The van der Waals surface area contributed by atoms with E-state index in [-0.39, 0.29) is 5.78 Å². The van der Waals surface area contributed by atoms with Crippen molar-refractivity contribution in [2.45, 2.75) is 0 Å². The number of benzene rings is 3. The first-order valence-corrected chi connectivity index (χ1v) is 11.5. The van der Waals surface area contributed by atoms with E-state index < -0.39 is 0 Å². The maximum Gasteiger partial charge on any atom is 0.185 e. The van der Waals surface area contributed by atoms with Crippen molar-refractivity contribution in [1.29, 1.82) is 0 Å². The summed E-state index contributed by atoms with van der Waals surface area (Å²) in [5, 5.41) is 1.67. The molecule has 0 radical (unpaired) electrons. The number of piperazine rings is 1. The number of carbonyl (C=O) groups is 1. The zero-order valence-corrected chi connectivity index (χ0v) is 18.9. The summed E-state index contributed by atoms with van der Waals surface area (Å²) in [4.78, 5) is 22.4. The number of hydrogen-bond donors (Lipinski definition) is 0. The van der Waals surface area contributed by atoms with Crippen molar-refractivity contribution in [3.05, 3.63) is 107 Å². The quantitative estimate of drug-likeness (QED) is 0.270. The Morgan fingerprint density at radius 1 is 0.818 bits per heavy atom. The summed E-state index contributed by atoms with van der Waals surface area (Å²) in [5.41, 5.74) is 3.77. The second-order valence-corrected chi connectivity index (χ2v) is 8.54. The fourth-order valence-electron chi connectivity index (χ4n) is 4.19. The molecule has 0 unspecified atom stereocenters. The number of para-hydroxylation sites is 2. The lowest BCUT2D eigenvalue weighted by Crippen LogP contribution is -2.47. The highest BCUT2D eigenvalue weighted by molar-refractivity contribution is 6.30. The Bertz CT molecular complexity index is 1290. The Hall–Kier alpha value is -3.63. The van der Waals surface area contributed by atoms with Gasteiger partial charge in [-0.2, -0.15) is 0 Å². The molecule has 4 aromatic rings. The van der Waals surface area contributed by atoms with Crippen LogP contribution < -0.4 is 9.80 Å². The van der Waals surface area contributed by atoms with Crippen LogP contribution in [0.2, 0.25) is 5.02 Å². The Balaban J connectivity index is 1.42. The zero-order valence-electron chi connectivity index (χ0n) is 18.2. The summed E-state index contributed by atoms with van der Waals surface area (Å²) in [6.45, 7) is 3.58. The van der Waals surface area contributed by atoms with Gasteiger partial charge in [0.15, 0.2) is 5.78 Å². The van der Waals surface area contributed by atoms with E-state index >= 15 is 0 Å². The van der Waals surface area contributed by atoms with Gasteiger partial charge in [0.05, 0.1) is 5.52 Å². The molecule has 5 heteroatoms. The van der Waals surface area contributed by atoms with Gasteiger partial charge in [0.25, 0.3) is 0 Å². The largest absolute Gasteiger partial charge is 0.368 e. The van der Waals surface area contributed by atoms with Gasteiger partial charge >= 0.3 is 0 Å². The molecular weight excluding hydrogens is 430 g/mol. The molecule has 0 amide bonds. The lowest BCUT2D eigenvalue weighted by molar-refractivity contribution is 0.104. The van der Waals surface area contributed by atoms with Crippen LogP contribution >= 0.6 is 11.6 Å². The molecule has 1 aliphatic heterocycles. The van der Waals surface area contributed by atoms with Gasteiger partial charge in [-0.1, -0.05) is 48.0 Å². The van der Waals surface area contributed by atoms with Gasteiger partial charge in [-0.05, 0) is 60.7 Å². The third-order valence-corrected chi connectivity index (χ3v) is 6.23. The van der Waals surface area contributed by atoms with E-state index in [1.54, 1.807) is 30.3 Å². The molecule has 1 fully saturated rings. The number of carbonyl (C=O) groups excluding carboxylic acids is 1. The van der Waals surface area contributed by atoms with Crippen LogP contribution in [-0.2, 0) is 0 Å². The molecule has 0 saturated carbocycles. The first kappa shape index (κ1) is 21.2. The molecule has 0 atom stereocenters. The smallest absolute Gasteiger partial charge is 0.185 e. The Morgan fingerprint density at radius 2 is 1.48 bits per heavy atom. The summed E-state index contributed by atoms with van der Waals surface area (Å²) < 4.78 is 0. The highest BCUT2D eigenvalue weighted by Crippen LogP contribution is 2.27. The lowest BCUT2D eigenvalue weighted by atomic mass is 10.1. The number of anilines is 2. The molecule has 33 heavy (non-hydrogen) atoms. The van der Waals surface area contributed by atoms with Gasteiger partial charge in [-0.15, -0.1) is 0 Å². The predicted molar refractivity (Wildman–Crippen MR) is 137 cm³/mol. The molecule has 1 saturated heterocycles. The van der Waals surface area contributed by atoms with Gasteiger partial charge in [0, 0.05) is 53.4 Å². The molecule has 0 N–H and O–H groups in total. The highest BCUT2D eigenvalue weighted by Gasteiger charge is 2.20. The van der Waals surface area contributed by atoms with E-state index in [0.29, 0.717) is 10.6 Å². The molecule has 3 aromatic carbocycles. The number of rotatable bonds is 5. The van der Waals surface area contributed by atoms with Gasteiger partial charge < -0.3 is 9.80 Å². The first-order chi connectivity index (χ1) is 16.2. The minimum atomic E-state index is -0.0559. The van der Waals surface area contributed by atoms with Crippen LogP contribution in [0.15, 0.2) is 91.0 Å². The standard InChI is InChI=1S/C28H24ClN3O/c29-24-13-10-21(11-14-24)27(33)15-12-23-20-22-6-4-5-9-26(22)30-28(23)32-18-16-31(17-19-32)25-7-2-1-3-8-25/h1-15,20H,16-19H2/b15-12+. The van der Waals surface area contributed by atoms with Crippen molar-refractivity contribution in [3.8, 4) is 0 Å². The van der Waals surface area contributed by atoms with Gasteiger partial charge in [0.2, 0.25) is 0 Å².